The molecule has 0 radical (unpaired) electrons. The summed E-state index contributed by atoms with van der Waals surface area (Å²) in [6, 6.07) is 22.4. The van der Waals surface area contributed by atoms with Crippen LogP contribution in [-0.2, 0) is 16.4 Å². The van der Waals surface area contributed by atoms with Gasteiger partial charge in [-0.05, 0) is 53.6 Å². The molecule has 4 aromatic rings. The third-order valence-corrected chi connectivity index (χ3v) is 5.42. The van der Waals surface area contributed by atoms with E-state index in [2.05, 4.69) is 9.82 Å². The van der Waals surface area contributed by atoms with Crippen LogP contribution in [0.2, 0.25) is 0 Å². The topological polar surface area (TPSA) is 114 Å². The maximum atomic E-state index is 13.4. The Morgan fingerprint density at radius 3 is 1.91 bits per heavy atom. The number of nitrogens with one attached hydrogen (secondary N) is 1. The van der Waals surface area contributed by atoms with Gasteiger partial charge in [0.05, 0.1) is 23.0 Å². The molecule has 4 rings (SSSR count). The number of halogens is 3. The van der Waals surface area contributed by atoms with Crippen LogP contribution in [0, 0.1) is 11.3 Å². The van der Waals surface area contributed by atoms with Crippen LogP contribution in [0.1, 0.15) is 11.3 Å². The predicted octanol–water partition coefficient (Wildman–Crippen LogP) is 4.71. The van der Waals surface area contributed by atoms with Gasteiger partial charge in [-0.15, -0.1) is 0 Å². The van der Waals surface area contributed by atoms with Crippen molar-refractivity contribution in [1.82, 2.24) is 9.78 Å². The number of nitrogens with zero attached hydrogens (tertiary/aromatic N) is 3. The predicted molar refractivity (Wildman–Crippen MR) is 121 cm³/mol. The molecular formula is C23H16F3N5O2S. The number of hydrogen-bond donors (Lipinski definition) is 2. The first kappa shape index (κ1) is 23.0. The number of alkyl halides is 3. The Morgan fingerprint density at radius 1 is 0.882 bits per heavy atom. The zero-order valence-electron chi connectivity index (χ0n) is 17.3. The van der Waals surface area contributed by atoms with Crippen molar-refractivity contribution in [2.45, 2.75) is 6.18 Å². The fraction of sp³-hybridized carbons (Fsp3) is 0.0435. The summed E-state index contributed by atoms with van der Waals surface area (Å²) in [6.45, 7) is 0. The number of nitriles is 1. The van der Waals surface area contributed by atoms with E-state index < -0.39 is 22.1 Å². The summed E-state index contributed by atoms with van der Waals surface area (Å²) < 4.78 is 65.8. The zero-order valence-corrected chi connectivity index (χ0v) is 18.1. The molecule has 3 N–H and O–H groups in total. The molecule has 7 nitrogen and oxygen atoms in total. The van der Waals surface area contributed by atoms with Crippen molar-refractivity contribution in [3.63, 3.8) is 0 Å². The Kier molecular flexibility index (Phi) is 5.87. The number of hydrogen-bond acceptors (Lipinski definition) is 4. The van der Waals surface area contributed by atoms with E-state index in [1.54, 1.807) is 48.5 Å². The summed E-state index contributed by atoms with van der Waals surface area (Å²) in [4.78, 5) is 0. The Morgan fingerprint density at radius 2 is 1.41 bits per heavy atom. The summed E-state index contributed by atoms with van der Waals surface area (Å²) in [6.07, 6.45) is -4.66. The molecule has 0 aliphatic carbocycles. The number of benzene rings is 3. The van der Waals surface area contributed by atoms with Gasteiger partial charge in [-0.2, -0.15) is 31.9 Å². The fourth-order valence-electron chi connectivity index (χ4n) is 3.33. The number of nitrogens with two attached hydrogens (primary N) is 1. The Bertz CT molecular complexity index is 1470. The number of aromatic nitrogens is 2. The minimum atomic E-state index is -4.66. The average molecular weight is 483 g/mol. The van der Waals surface area contributed by atoms with Crippen LogP contribution in [0.5, 0.6) is 0 Å². The van der Waals surface area contributed by atoms with E-state index in [0.717, 1.165) is 21.9 Å². The molecule has 0 aliphatic heterocycles. The molecule has 0 bridgehead atoms. The summed E-state index contributed by atoms with van der Waals surface area (Å²) in [5.41, 5.74) is 2.28. The first-order valence-corrected chi connectivity index (χ1v) is 11.3. The summed E-state index contributed by atoms with van der Waals surface area (Å²) in [5.74, 6) is 0. The molecule has 0 spiro atoms. The second-order valence-corrected chi connectivity index (χ2v) is 8.58. The molecule has 11 heteroatoms. The van der Waals surface area contributed by atoms with Gasteiger partial charge in [0.1, 0.15) is 0 Å². The van der Waals surface area contributed by atoms with E-state index in [4.69, 9.17) is 10.4 Å². The maximum absolute atomic E-state index is 13.4. The lowest BCUT2D eigenvalue weighted by molar-refractivity contribution is -0.141. The lowest BCUT2D eigenvalue weighted by atomic mass is 10.0. The Labute approximate surface area is 193 Å². The number of anilines is 1. The molecule has 0 atom stereocenters. The molecule has 1 heterocycles. The molecule has 0 saturated carbocycles. The fourth-order valence-corrected chi connectivity index (χ4v) is 3.79. The van der Waals surface area contributed by atoms with E-state index in [9.17, 15) is 21.6 Å². The van der Waals surface area contributed by atoms with Crippen molar-refractivity contribution >= 4 is 15.9 Å². The van der Waals surface area contributed by atoms with E-state index in [-0.39, 0.29) is 11.4 Å². The van der Waals surface area contributed by atoms with E-state index >= 15 is 0 Å². The van der Waals surface area contributed by atoms with Gasteiger partial charge in [0, 0.05) is 11.3 Å². The van der Waals surface area contributed by atoms with Crippen molar-refractivity contribution in [1.29, 1.82) is 5.26 Å². The molecule has 0 saturated heterocycles. The summed E-state index contributed by atoms with van der Waals surface area (Å²) in [7, 11) is -3.99. The van der Waals surface area contributed by atoms with Crippen LogP contribution in [0.25, 0.3) is 28.1 Å². The van der Waals surface area contributed by atoms with Gasteiger partial charge in [0.15, 0.2) is 5.69 Å². The normalized spacial score (nSPS) is 11.7. The smallest absolute Gasteiger partial charge is 0.271 e. The minimum absolute atomic E-state index is 0.155. The van der Waals surface area contributed by atoms with Gasteiger partial charge in [0.2, 0.25) is 0 Å². The number of rotatable bonds is 5. The maximum Gasteiger partial charge on any atom is 0.435 e. The van der Waals surface area contributed by atoms with E-state index in [0.29, 0.717) is 16.8 Å². The van der Waals surface area contributed by atoms with Crippen LogP contribution in [-0.4, -0.2) is 18.2 Å². The van der Waals surface area contributed by atoms with Crippen LogP contribution >= 0.6 is 0 Å². The van der Waals surface area contributed by atoms with Crippen LogP contribution in [0.4, 0.5) is 18.9 Å². The average Bonchev–Trinajstić information content (AvgIpc) is 3.25. The molecule has 3 aromatic carbocycles. The van der Waals surface area contributed by atoms with Crippen molar-refractivity contribution in [2.24, 2.45) is 5.14 Å². The molecule has 1 aromatic heterocycles. The second-order valence-electron chi connectivity index (χ2n) is 7.28. The highest BCUT2D eigenvalue weighted by molar-refractivity contribution is 7.90. The largest absolute Gasteiger partial charge is 0.435 e. The lowest BCUT2D eigenvalue weighted by Crippen LogP contribution is -2.21. The van der Waals surface area contributed by atoms with Crippen molar-refractivity contribution < 1.29 is 21.6 Å². The summed E-state index contributed by atoms with van der Waals surface area (Å²) >= 11 is 0. The quantitative estimate of drug-likeness (QED) is 0.428. The molecule has 172 valence electrons. The van der Waals surface area contributed by atoms with Crippen LogP contribution in [0.3, 0.4) is 0 Å². The third-order valence-electron chi connectivity index (χ3n) is 4.90. The Hall–Kier alpha value is -4.14. The molecule has 0 unspecified atom stereocenters. The van der Waals surface area contributed by atoms with Gasteiger partial charge in [-0.1, -0.05) is 36.4 Å². The van der Waals surface area contributed by atoms with Crippen LogP contribution in [0.15, 0.2) is 78.9 Å². The van der Waals surface area contributed by atoms with Gasteiger partial charge >= 0.3 is 6.18 Å². The molecule has 0 fully saturated rings. The van der Waals surface area contributed by atoms with E-state index in [1.165, 1.54) is 24.3 Å². The molecule has 0 aliphatic rings. The van der Waals surface area contributed by atoms with Crippen molar-refractivity contribution in [3.05, 3.63) is 90.1 Å². The molecule has 34 heavy (non-hydrogen) atoms. The Balaban J connectivity index is 1.72. The zero-order chi connectivity index (χ0) is 24.5. The first-order valence-electron chi connectivity index (χ1n) is 9.73. The van der Waals surface area contributed by atoms with Gasteiger partial charge in [-0.3, -0.25) is 4.72 Å². The standard InChI is InChI=1S/C23H16F3N5O2S/c24-23(25,26)22-13-21(31(29-22)20-11-9-19(10-12-20)30-34(28,32)33)18-7-5-17(6-8-18)16-3-1-15(14-27)2-4-16/h1-13,30H,(H2,28,32,33). The van der Waals surface area contributed by atoms with Gasteiger partial charge in [-0.25, -0.2) is 9.82 Å². The highest BCUT2D eigenvalue weighted by Crippen LogP contribution is 2.34. The van der Waals surface area contributed by atoms with Crippen molar-refractivity contribution in [2.75, 3.05) is 4.72 Å². The first-order chi connectivity index (χ1) is 16.0. The van der Waals surface area contributed by atoms with Crippen molar-refractivity contribution in [3.8, 4) is 34.1 Å². The van der Waals surface area contributed by atoms with Crippen LogP contribution < -0.4 is 9.86 Å². The SMILES string of the molecule is N#Cc1ccc(-c2ccc(-c3cc(C(F)(F)F)nn3-c3ccc(NS(N)(=O)=O)cc3)cc2)cc1. The van der Waals surface area contributed by atoms with E-state index in [1.807, 2.05) is 6.07 Å². The molecular weight excluding hydrogens is 467 g/mol. The van der Waals surface area contributed by atoms with Gasteiger partial charge < -0.3 is 0 Å². The highest BCUT2D eigenvalue weighted by atomic mass is 32.2. The monoisotopic (exact) mass is 483 g/mol. The summed E-state index contributed by atoms with van der Waals surface area (Å²) in [5, 5.41) is 17.6. The lowest BCUT2D eigenvalue weighted by Gasteiger charge is -2.10. The molecule has 0 amide bonds. The highest BCUT2D eigenvalue weighted by Gasteiger charge is 2.35. The second kappa shape index (κ2) is 8.66. The van der Waals surface area contributed by atoms with Gasteiger partial charge in [0.25, 0.3) is 10.2 Å². The third kappa shape index (κ3) is 5.09. The minimum Gasteiger partial charge on any atom is -0.271 e.